The summed E-state index contributed by atoms with van der Waals surface area (Å²) in [5.74, 6) is 0.509. The first kappa shape index (κ1) is 29.4. The molecule has 1 nitrogen and oxygen atoms in total. The lowest BCUT2D eigenvalue weighted by atomic mass is 9.89. The second-order valence-electron chi connectivity index (χ2n) is 14.2. The van der Waals surface area contributed by atoms with E-state index in [-0.39, 0.29) is 6.04 Å². The Bertz CT molecular complexity index is 2230. The van der Waals surface area contributed by atoms with E-state index in [9.17, 15) is 0 Å². The van der Waals surface area contributed by atoms with E-state index in [0.717, 1.165) is 32.1 Å². The summed E-state index contributed by atoms with van der Waals surface area (Å²) in [6, 6.07) is 30.6. The highest BCUT2D eigenvalue weighted by Crippen LogP contribution is 2.51. The van der Waals surface area contributed by atoms with Crippen molar-refractivity contribution in [2.24, 2.45) is 0 Å². The number of nitrogens with zero attached hydrogens (tertiary/aromatic N) is 1. The molecule has 0 spiro atoms. The largest absolute Gasteiger partial charge is 0.338 e. The van der Waals surface area contributed by atoms with Crippen LogP contribution >= 0.6 is 11.8 Å². The molecule has 0 N–H and O–H groups in total. The maximum Gasteiger partial charge on any atom is 0.0892 e. The fourth-order valence-corrected chi connectivity index (χ4v) is 12.5. The van der Waals surface area contributed by atoms with E-state index < -0.39 is 9.52 Å². The van der Waals surface area contributed by atoms with E-state index in [4.69, 9.17) is 0 Å². The number of anilines is 1. The molecule has 0 saturated carbocycles. The molecule has 0 bridgehead atoms. The number of hydrogen-bond donors (Lipinski definition) is 0. The highest BCUT2D eigenvalue weighted by Gasteiger charge is 2.36. The summed E-state index contributed by atoms with van der Waals surface area (Å²) in [4.78, 5) is 4.22. The summed E-state index contributed by atoms with van der Waals surface area (Å²) in [5, 5.41) is 3.75. The highest BCUT2D eigenvalue weighted by atomic mass is 32.2. The third-order valence-electron chi connectivity index (χ3n) is 11.3. The zero-order valence-electron chi connectivity index (χ0n) is 27.7. The van der Waals surface area contributed by atoms with E-state index in [0.29, 0.717) is 11.2 Å². The molecular weight excluding hydrogens is 627 g/mol. The van der Waals surface area contributed by atoms with Crippen LogP contribution in [0.3, 0.4) is 0 Å². The summed E-state index contributed by atoms with van der Waals surface area (Å²) in [6.07, 6.45) is 31.5. The van der Waals surface area contributed by atoms with Crippen molar-refractivity contribution in [3.63, 3.8) is 0 Å². The predicted octanol–water partition coefficient (Wildman–Crippen LogP) is 9.41. The Morgan fingerprint density at radius 3 is 2.59 bits per heavy atom. The molecule has 0 amide bonds. The standard InChI is InChI=1S/C46H39NSSi/c1-2-9-30(10-3-1)34-13-8-14-37(28-34)47(36-21-19-32(20-22-36)35-18-17-31-11-4-5-12-33(31)27-35)38-23-24-41-44(29-38)49-43-26-25-40-39-15-6-7-16-42(39)48-46(40)45(41)43/h1-4,6-7,9-11,13,15-21,23-29,36,39,42H,5,8,12,14,22,49H2. The lowest BCUT2D eigenvalue weighted by Crippen LogP contribution is -2.35. The Morgan fingerprint density at radius 2 is 1.67 bits per heavy atom. The number of hydrogen-bond acceptors (Lipinski definition) is 2. The minimum atomic E-state index is -0.564. The number of thioether (sulfide) groups is 1. The summed E-state index contributed by atoms with van der Waals surface area (Å²) < 4.78 is 0. The van der Waals surface area contributed by atoms with Crippen LogP contribution in [0, 0.1) is 0 Å². The first-order valence-corrected chi connectivity index (χ1v) is 20.3. The van der Waals surface area contributed by atoms with Gasteiger partial charge in [0.25, 0.3) is 0 Å². The van der Waals surface area contributed by atoms with Crippen molar-refractivity contribution in [2.75, 3.05) is 4.90 Å². The third-order valence-corrected chi connectivity index (χ3v) is 14.6. The zero-order valence-corrected chi connectivity index (χ0v) is 29.9. The molecule has 238 valence electrons. The molecule has 0 saturated heterocycles. The number of rotatable bonds is 5. The molecular formula is C46H39NSSi. The molecule has 49 heavy (non-hydrogen) atoms. The van der Waals surface area contributed by atoms with Gasteiger partial charge in [0.2, 0.25) is 0 Å². The van der Waals surface area contributed by atoms with Crippen molar-refractivity contribution < 1.29 is 0 Å². The van der Waals surface area contributed by atoms with Gasteiger partial charge in [0.1, 0.15) is 0 Å². The van der Waals surface area contributed by atoms with Crippen molar-refractivity contribution >= 4 is 54.6 Å². The van der Waals surface area contributed by atoms with Crippen LogP contribution in [0.4, 0.5) is 5.69 Å². The lowest BCUT2D eigenvalue weighted by Gasteiger charge is -2.36. The van der Waals surface area contributed by atoms with Gasteiger partial charge in [-0.2, -0.15) is 0 Å². The molecule has 0 fully saturated rings. The average molecular weight is 666 g/mol. The lowest BCUT2D eigenvalue weighted by molar-refractivity contribution is 0.723. The van der Waals surface area contributed by atoms with Gasteiger partial charge in [0.05, 0.1) is 15.6 Å². The number of aryl methyl sites for hydroxylation is 1. The number of allylic oxidation sites excluding steroid dienone is 10. The first-order chi connectivity index (χ1) is 24.3. The maximum absolute atomic E-state index is 2.68. The first-order valence-electron chi connectivity index (χ1n) is 18.0. The van der Waals surface area contributed by atoms with E-state index in [2.05, 4.69) is 162 Å². The summed E-state index contributed by atoms with van der Waals surface area (Å²) in [6.45, 7) is 0. The Balaban J connectivity index is 1.01. The molecule has 0 radical (unpaired) electrons. The Labute approximate surface area is 296 Å². The second kappa shape index (κ2) is 12.1. The number of benzene rings is 4. The molecule has 10 rings (SSSR count). The molecule has 4 aromatic carbocycles. The molecule has 4 aromatic rings. The highest BCUT2D eigenvalue weighted by molar-refractivity contribution is 8.00. The second-order valence-corrected chi connectivity index (χ2v) is 17.2. The van der Waals surface area contributed by atoms with Crippen molar-refractivity contribution in [1.29, 1.82) is 0 Å². The Morgan fingerprint density at radius 1 is 0.735 bits per heavy atom. The van der Waals surface area contributed by atoms with Crippen molar-refractivity contribution in [3.05, 3.63) is 173 Å². The van der Waals surface area contributed by atoms with Crippen molar-refractivity contribution in [1.82, 2.24) is 0 Å². The van der Waals surface area contributed by atoms with Crippen LogP contribution in [0.2, 0.25) is 0 Å². The SMILES string of the molecule is C1=CC2Sc3c(ccc4c3-c3ccc(N(C5=CC(c6ccccc6)=CCC5)C5C=CC(c6ccc7c(c6)CCC=C7)=CC5)cc3[SiH2]4)C2C=C1. The zero-order chi connectivity index (χ0) is 32.3. The average Bonchev–Trinajstić information content (AvgIpc) is 3.73. The topological polar surface area (TPSA) is 3.24 Å². The number of fused-ring (bicyclic) bond motifs is 8. The summed E-state index contributed by atoms with van der Waals surface area (Å²) >= 11 is 2.09. The minimum absolute atomic E-state index is 0.274. The Kier molecular flexibility index (Phi) is 7.24. The van der Waals surface area contributed by atoms with E-state index >= 15 is 0 Å². The summed E-state index contributed by atoms with van der Waals surface area (Å²) in [5.41, 5.74) is 15.5. The fourth-order valence-electron chi connectivity index (χ4n) is 8.82. The smallest absolute Gasteiger partial charge is 0.0892 e. The molecule has 0 aromatic heterocycles. The molecule has 3 heteroatoms. The molecule has 3 unspecified atom stereocenters. The van der Waals surface area contributed by atoms with Crippen LogP contribution in [0.5, 0.6) is 0 Å². The van der Waals surface area contributed by atoms with Gasteiger partial charge in [-0.1, -0.05) is 138 Å². The molecule has 6 aliphatic rings. The minimum Gasteiger partial charge on any atom is -0.338 e. The van der Waals surface area contributed by atoms with Crippen LogP contribution in [0.25, 0.3) is 28.3 Å². The third kappa shape index (κ3) is 5.14. The van der Waals surface area contributed by atoms with E-state index in [1.165, 1.54) is 55.9 Å². The molecule has 4 aliphatic carbocycles. The van der Waals surface area contributed by atoms with Gasteiger partial charge in [-0.05, 0) is 100 Å². The maximum atomic E-state index is 2.68. The summed E-state index contributed by atoms with van der Waals surface area (Å²) in [7, 11) is -0.564. The Hall–Kier alpha value is -4.57. The molecule has 3 atom stereocenters. The van der Waals surface area contributed by atoms with E-state index in [1.807, 2.05) is 0 Å². The van der Waals surface area contributed by atoms with Gasteiger partial charge in [-0.25, -0.2) is 0 Å². The van der Waals surface area contributed by atoms with Gasteiger partial charge in [0.15, 0.2) is 0 Å². The van der Waals surface area contributed by atoms with Crippen molar-refractivity contribution in [3.8, 4) is 11.1 Å². The molecule has 2 aliphatic heterocycles. The normalized spacial score (nSPS) is 22.9. The van der Waals surface area contributed by atoms with Gasteiger partial charge >= 0.3 is 0 Å². The van der Waals surface area contributed by atoms with Gasteiger partial charge in [-0.15, -0.1) is 11.8 Å². The van der Waals surface area contributed by atoms with Gasteiger partial charge < -0.3 is 4.90 Å². The van der Waals surface area contributed by atoms with Crippen LogP contribution in [0.15, 0.2) is 150 Å². The quantitative estimate of drug-likeness (QED) is 0.172. The van der Waals surface area contributed by atoms with Crippen LogP contribution in [0.1, 0.15) is 59.4 Å². The van der Waals surface area contributed by atoms with Gasteiger partial charge in [-0.3, -0.25) is 0 Å². The molecule has 2 heterocycles. The predicted molar refractivity (Wildman–Crippen MR) is 214 cm³/mol. The fraction of sp³-hybridized carbons (Fsp3) is 0.174. The van der Waals surface area contributed by atoms with Crippen LogP contribution in [-0.2, 0) is 6.42 Å². The monoisotopic (exact) mass is 665 g/mol. The van der Waals surface area contributed by atoms with E-state index in [1.54, 1.807) is 20.8 Å². The van der Waals surface area contributed by atoms with Gasteiger partial charge in [0, 0.05) is 27.4 Å². The van der Waals surface area contributed by atoms with Crippen LogP contribution < -0.4 is 15.3 Å². The van der Waals surface area contributed by atoms with Crippen LogP contribution in [-0.4, -0.2) is 20.8 Å². The van der Waals surface area contributed by atoms with Crippen molar-refractivity contribution in [2.45, 2.75) is 54.2 Å².